The van der Waals surface area contributed by atoms with E-state index in [0.717, 1.165) is 6.07 Å². The molecule has 0 aliphatic rings. The summed E-state index contributed by atoms with van der Waals surface area (Å²) in [4.78, 5) is 14.8. The zero-order valence-corrected chi connectivity index (χ0v) is 10.5. The quantitative estimate of drug-likeness (QED) is 0.681. The van der Waals surface area contributed by atoms with E-state index < -0.39 is 11.7 Å². The number of rotatable bonds is 2. The second kappa shape index (κ2) is 4.69. The number of carbonyl (C=O) groups is 1. The molecule has 7 heteroatoms. The van der Waals surface area contributed by atoms with Crippen molar-refractivity contribution in [3.8, 4) is 11.4 Å². The van der Waals surface area contributed by atoms with Crippen molar-refractivity contribution in [2.45, 2.75) is 6.18 Å². The molecule has 1 aromatic carbocycles. The summed E-state index contributed by atoms with van der Waals surface area (Å²) in [7, 11) is 0. The summed E-state index contributed by atoms with van der Waals surface area (Å²) in [6.07, 6.45) is -2.37. The first-order valence-corrected chi connectivity index (χ1v) is 5.97. The zero-order chi connectivity index (χ0) is 15.0. The van der Waals surface area contributed by atoms with Crippen molar-refractivity contribution in [1.82, 2.24) is 14.6 Å². The number of halogens is 3. The smallest absolute Gasteiger partial charge is 0.298 e. The molecule has 3 rings (SSSR count). The first-order chi connectivity index (χ1) is 9.99. The molecule has 0 saturated carbocycles. The van der Waals surface area contributed by atoms with Crippen LogP contribution in [0.25, 0.3) is 17.0 Å². The maximum Gasteiger partial charge on any atom is 0.417 e. The van der Waals surface area contributed by atoms with Gasteiger partial charge in [-0.3, -0.25) is 4.79 Å². The van der Waals surface area contributed by atoms with Gasteiger partial charge < -0.3 is 0 Å². The van der Waals surface area contributed by atoms with Gasteiger partial charge in [-0.15, -0.1) is 5.10 Å². The number of alkyl halides is 3. The van der Waals surface area contributed by atoms with Gasteiger partial charge in [0.25, 0.3) is 0 Å². The Bertz CT molecular complexity index is 824. The largest absolute Gasteiger partial charge is 0.417 e. The molecule has 0 radical (unpaired) electrons. The molecule has 2 aromatic heterocycles. The maximum absolute atomic E-state index is 13.0. The molecule has 0 bridgehead atoms. The monoisotopic (exact) mass is 291 g/mol. The summed E-state index contributed by atoms with van der Waals surface area (Å²) in [5.41, 5.74) is -0.199. The van der Waals surface area contributed by atoms with Crippen LogP contribution < -0.4 is 0 Å². The van der Waals surface area contributed by atoms with E-state index in [4.69, 9.17) is 0 Å². The molecule has 2 heterocycles. The first-order valence-electron chi connectivity index (χ1n) is 5.97. The highest BCUT2D eigenvalue weighted by Crippen LogP contribution is 2.35. The highest BCUT2D eigenvalue weighted by Gasteiger charge is 2.34. The fourth-order valence-electron chi connectivity index (χ4n) is 2.01. The van der Waals surface area contributed by atoms with Crippen molar-refractivity contribution in [3.63, 3.8) is 0 Å². The summed E-state index contributed by atoms with van der Waals surface area (Å²) in [6, 6.07) is 8.07. The van der Waals surface area contributed by atoms with Crippen LogP contribution in [0, 0.1) is 0 Å². The van der Waals surface area contributed by atoms with Crippen molar-refractivity contribution in [2.75, 3.05) is 0 Å². The molecule has 0 unspecified atom stereocenters. The fourth-order valence-corrected chi connectivity index (χ4v) is 2.01. The van der Waals surface area contributed by atoms with E-state index in [9.17, 15) is 18.0 Å². The lowest BCUT2D eigenvalue weighted by atomic mass is 10.1. The molecule has 4 nitrogen and oxygen atoms in total. The Balaban J connectivity index is 2.19. The predicted octanol–water partition coefficient (Wildman–Crippen LogP) is 3.23. The molecular formula is C14H8F3N3O. The van der Waals surface area contributed by atoms with Crippen LogP contribution in [0.2, 0.25) is 0 Å². The number of aldehydes is 1. The van der Waals surface area contributed by atoms with E-state index in [1.54, 1.807) is 0 Å². The van der Waals surface area contributed by atoms with Gasteiger partial charge in [-0.25, -0.2) is 9.50 Å². The van der Waals surface area contributed by atoms with Crippen molar-refractivity contribution < 1.29 is 18.0 Å². The number of hydrogen-bond acceptors (Lipinski definition) is 3. The third-order valence-electron chi connectivity index (χ3n) is 2.97. The van der Waals surface area contributed by atoms with E-state index in [1.807, 2.05) is 0 Å². The Morgan fingerprint density at radius 1 is 1.14 bits per heavy atom. The molecule has 0 aliphatic heterocycles. The lowest BCUT2D eigenvalue weighted by molar-refractivity contribution is -0.137. The third kappa shape index (κ3) is 2.37. The number of nitrogens with zero attached hydrogens (tertiary/aromatic N) is 3. The Labute approximate surface area is 116 Å². The maximum atomic E-state index is 13.0. The molecule has 0 N–H and O–H groups in total. The SMILES string of the molecule is O=Cc1ccn2nc(-c3ccccc3C(F)(F)F)nc2c1. The van der Waals surface area contributed by atoms with Crippen LogP contribution in [0.1, 0.15) is 15.9 Å². The van der Waals surface area contributed by atoms with Gasteiger partial charge in [0.15, 0.2) is 11.5 Å². The molecule has 3 aromatic rings. The number of fused-ring (bicyclic) bond motifs is 1. The highest BCUT2D eigenvalue weighted by atomic mass is 19.4. The molecule has 0 saturated heterocycles. The van der Waals surface area contributed by atoms with E-state index >= 15 is 0 Å². The lowest BCUT2D eigenvalue weighted by Gasteiger charge is -2.09. The number of aromatic nitrogens is 3. The molecule has 0 aliphatic carbocycles. The average Bonchev–Trinajstić information content (AvgIpc) is 2.89. The Hall–Kier alpha value is -2.70. The molecule has 0 amide bonds. The molecular weight excluding hydrogens is 283 g/mol. The van der Waals surface area contributed by atoms with Crippen molar-refractivity contribution in [3.05, 3.63) is 53.7 Å². The number of benzene rings is 1. The zero-order valence-electron chi connectivity index (χ0n) is 10.5. The van der Waals surface area contributed by atoms with E-state index in [0.29, 0.717) is 17.5 Å². The van der Waals surface area contributed by atoms with Crippen molar-refractivity contribution in [2.24, 2.45) is 0 Å². The van der Waals surface area contributed by atoms with Crippen LogP contribution >= 0.6 is 0 Å². The van der Waals surface area contributed by atoms with Gasteiger partial charge in [0.2, 0.25) is 0 Å². The van der Waals surface area contributed by atoms with Gasteiger partial charge in [0.05, 0.1) is 5.56 Å². The van der Waals surface area contributed by atoms with Gasteiger partial charge in [-0.05, 0) is 18.2 Å². The van der Waals surface area contributed by atoms with Crippen LogP contribution in [0.15, 0.2) is 42.6 Å². The number of hydrogen-bond donors (Lipinski definition) is 0. The van der Waals surface area contributed by atoms with Crippen molar-refractivity contribution >= 4 is 11.9 Å². The summed E-state index contributed by atoms with van der Waals surface area (Å²) < 4.78 is 40.3. The van der Waals surface area contributed by atoms with Crippen LogP contribution in [-0.4, -0.2) is 20.9 Å². The van der Waals surface area contributed by atoms with Gasteiger partial charge in [0, 0.05) is 17.3 Å². The Morgan fingerprint density at radius 3 is 2.62 bits per heavy atom. The fraction of sp³-hybridized carbons (Fsp3) is 0.0714. The summed E-state index contributed by atoms with van der Waals surface area (Å²) in [5.74, 6) is -0.0361. The Morgan fingerprint density at radius 2 is 1.90 bits per heavy atom. The van der Waals surface area contributed by atoms with Crippen LogP contribution in [0.3, 0.4) is 0 Å². The minimum atomic E-state index is -4.48. The number of carbonyl (C=O) groups excluding carboxylic acids is 1. The molecule has 0 fully saturated rings. The van der Waals surface area contributed by atoms with E-state index in [2.05, 4.69) is 10.1 Å². The van der Waals surface area contributed by atoms with Gasteiger partial charge >= 0.3 is 6.18 Å². The molecule has 21 heavy (non-hydrogen) atoms. The van der Waals surface area contributed by atoms with E-state index in [1.165, 1.54) is 41.0 Å². The van der Waals surface area contributed by atoms with Gasteiger partial charge in [-0.2, -0.15) is 13.2 Å². The van der Waals surface area contributed by atoms with Crippen molar-refractivity contribution in [1.29, 1.82) is 0 Å². The number of pyridine rings is 1. The summed E-state index contributed by atoms with van der Waals surface area (Å²) in [5, 5.41) is 4.02. The second-order valence-electron chi connectivity index (χ2n) is 4.36. The van der Waals surface area contributed by atoms with Crippen LogP contribution in [0.4, 0.5) is 13.2 Å². The molecule has 0 spiro atoms. The van der Waals surface area contributed by atoms with Crippen LogP contribution in [-0.2, 0) is 6.18 Å². The first kappa shape index (κ1) is 13.3. The highest BCUT2D eigenvalue weighted by molar-refractivity contribution is 5.77. The average molecular weight is 291 g/mol. The standard InChI is InChI=1S/C14H8F3N3O/c15-14(16,17)11-4-2-1-3-10(11)13-18-12-7-9(8-21)5-6-20(12)19-13/h1-8H. The van der Waals surface area contributed by atoms with Gasteiger partial charge in [0.1, 0.15) is 6.29 Å². The second-order valence-corrected chi connectivity index (χ2v) is 4.36. The predicted molar refractivity (Wildman–Crippen MR) is 68.8 cm³/mol. The normalized spacial score (nSPS) is 11.8. The lowest BCUT2D eigenvalue weighted by Crippen LogP contribution is -2.07. The summed E-state index contributed by atoms with van der Waals surface area (Å²) in [6.45, 7) is 0. The van der Waals surface area contributed by atoms with Crippen LogP contribution in [0.5, 0.6) is 0 Å². The topological polar surface area (TPSA) is 47.3 Å². The van der Waals surface area contributed by atoms with E-state index in [-0.39, 0.29) is 11.4 Å². The third-order valence-corrected chi connectivity index (χ3v) is 2.97. The van der Waals surface area contributed by atoms with Gasteiger partial charge in [-0.1, -0.05) is 18.2 Å². The molecule has 0 atom stereocenters. The summed E-state index contributed by atoms with van der Waals surface area (Å²) >= 11 is 0. The minimum Gasteiger partial charge on any atom is -0.298 e. The Kier molecular flexibility index (Phi) is 2.97. The molecule has 106 valence electrons. The minimum absolute atomic E-state index is 0.0361.